The van der Waals surface area contributed by atoms with Crippen LogP contribution in [0.25, 0.3) is 0 Å². The molecule has 5 heteroatoms. The van der Waals surface area contributed by atoms with Crippen molar-refractivity contribution < 1.29 is 19.4 Å². The Morgan fingerprint density at radius 3 is 2.79 bits per heavy atom. The van der Waals surface area contributed by atoms with Crippen molar-refractivity contribution in [3.05, 3.63) is 11.8 Å². The van der Waals surface area contributed by atoms with Gasteiger partial charge in [0.25, 0.3) is 0 Å². The van der Waals surface area contributed by atoms with Gasteiger partial charge in [0.05, 0.1) is 13.0 Å². The summed E-state index contributed by atoms with van der Waals surface area (Å²) in [5, 5.41) is 8.99. The van der Waals surface area contributed by atoms with Crippen LogP contribution in [0.5, 0.6) is 0 Å². The Morgan fingerprint density at radius 2 is 2.21 bits per heavy atom. The van der Waals surface area contributed by atoms with Crippen LogP contribution in [0.3, 0.4) is 0 Å². The summed E-state index contributed by atoms with van der Waals surface area (Å²) in [7, 11) is 0. The highest BCUT2D eigenvalue weighted by atomic mass is 16.5. The molecule has 0 aliphatic carbocycles. The molecule has 0 bridgehead atoms. The van der Waals surface area contributed by atoms with Crippen molar-refractivity contribution in [1.82, 2.24) is 4.90 Å². The summed E-state index contributed by atoms with van der Waals surface area (Å²) in [4.78, 5) is 24.5. The smallest absolute Gasteiger partial charge is 0.332 e. The predicted molar refractivity (Wildman–Crippen MR) is 71.6 cm³/mol. The SMILES string of the molecule is CCCC(CC(=O)O)N1CCC/C1=C\C(=O)OCC. The molecule has 19 heavy (non-hydrogen) atoms. The molecular formula is C14H23NO4. The topological polar surface area (TPSA) is 66.8 Å². The van der Waals surface area contributed by atoms with Gasteiger partial charge >= 0.3 is 11.9 Å². The number of aliphatic carboxylic acids is 1. The highest BCUT2D eigenvalue weighted by Gasteiger charge is 2.27. The van der Waals surface area contributed by atoms with Gasteiger partial charge < -0.3 is 14.7 Å². The lowest BCUT2D eigenvalue weighted by Crippen LogP contribution is -2.33. The number of likely N-dealkylation sites (tertiary alicyclic amines) is 1. The van der Waals surface area contributed by atoms with E-state index >= 15 is 0 Å². The third kappa shape index (κ3) is 4.93. The minimum Gasteiger partial charge on any atom is -0.481 e. The number of allylic oxidation sites excluding steroid dienone is 1. The van der Waals surface area contributed by atoms with E-state index in [0.29, 0.717) is 6.61 Å². The Bertz CT molecular complexity index is 351. The maximum absolute atomic E-state index is 11.5. The molecule has 0 aromatic heterocycles. The van der Waals surface area contributed by atoms with Crippen LogP contribution in [0.15, 0.2) is 11.8 Å². The molecule has 1 unspecified atom stereocenters. The molecule has 1 N–H and O–H groups in total. The molecule has 1 heterocycles. The zero-order chi connectivity index (χ0) is 14.3. The zero-order valence-electron chi connectivity index (χ0n) is 11.7. The van der Waals surface area contributed by atoms with Crippen LogP contribution in [0.2, 0.25) is 0 Å². The average Bonchev–Trinajstić information content (AvgIpc) is 2.76. The van der Waals surface area contributed by atoms with Gasteiger partial charge in [0.15, 0.2) is 0 Å². The van der Waals surface area contributed by atoms with E-state index in [0.717, 1.165) is 37.9 Å². The van der Waals surface area contributed by atoms with E-state index in [1.165, 1.54) is 6.08 Å². The minimum atomic E-state index is -0.791. The molecule has 0 saturated carbocycles. The molecule has 0 aromatic rings. The van der Waals surface area contributed by atoms with Crippen molar-refractivity contribution in [2.45, 2.75) is 52.0 Å². The third-order valence-electron chi connectivity index (χ3n) is 3.24. The zero-order valence-corrected chi connectivity index (χ0v) is 11.7. The summed E-state index contributed by atoms with van der Waals surface area (Å²) < 4.78 is 4.91. The summed E-state index contributed by atoms with van der Waals surface area (Å²) in [6.07, 6.45) is 5.17. The first-order valence-corrected chi connectivity index (χ1v) is 6.94. The second-order valence-electron chi connectivity index (χ2n) is 4.73. The largest absolute Gasteiger partial charge is 0.481 e. The van der Waals surface area contributed by atoms with Crippen molar-refractivity contribution in [3.8, 4) is 0 Å². The van der Waals surface area contributed by atoms with Gasteiger partial charge in [-0.05, 0) is 26.2 Å². The van der Waals surface area contributed by atoms with E-state index in [1.54, 1.807) is 6.92 Å². The van der Waals surface area contributed by atoms with Crippen molar-refractivity contribution in [2.75, 3.05) is 13.2 Å². The first-order valence-electron chi connectivity index (χ1n) is 6.94. The van der Waals surface area contributed by atoms with Crippen LogP contribution in [-0.2, 0) is 14.3 Å². The normalized spacial score (nSPS) is 18.6. The fraction of sp³-hybridized carbons (Fsp3) is 0.714. The summed E-state index contributed by atoms with van der Waals surface area (Å²) in [6.45, 7) is 4.99. The molecule has 1 fully saturated rings. The Labute approximate surface area is 114 Å². The number of carbonyl (C=O) groups is 2. The van der Waals surface area contributed by atoms with E-state index in [4.69, 9.17) is 9.84 Å². The molecule has 1 atom stereocenters. The number of nitrogens with zero attached hydrogens (tertiary/aromatic N) is 1. The number of carbonyl (C=O) groups excluding carboxylic acids is 1. The first kappa shape index (κ1) is 15.5. The van der Waals surface area contributed by atoms with E-state index in [1.807, 2.05) is 6.92 Å². The lowest BCUT2D eigenvalue weighted by Gasteiger charge is -2.29. The highest BCUT2D eigenvalue weighted by molar-refractivity contribution is 5.82. The van der Waals surface area contributed by atoms with E-state index in [2.05, 4.69) is 4.90 Å². The Kier molecular flexibility index (Phi) is 6.39. The minimum absolute atomic E-state index is 0.0225. The van der Waals surface area contributed by atoms with Crippen molar-refractivity contribution in [2.24, 2.45) is 0 Å². The van der Waals surface area contributed by atoms with Gasteiger partial charge in [0.1, 0.15) is 0 Å². The van der Waals surface area contributed by atoms with Gasteiger partial charge in [-0.3, -0.25) is 4.79 Å². The Hall–Kier alpha value is -1.52. The van der Waals surface area contributed by atoms with Crippen LogP contribution in [0.4, 0.5) is 0 Å². The number of ether oxygens (including phenoxy) is 1. The van der Waals surface area contributed by atoms with Gasteiger partial charge in [-0.15, -0.1) is 0 Å². The van der Waals surface area contributed by atoms with Crippen LogP contribution < -0.4 is 0 Å². The average molecular weight is 269 g/mol. The van der Waals surface area contributed by atoms with Gasteiger partial charge in [-0.1, -0.05) is 13.3 Å². The van der Waals surface area contributed by atoms with E-state index in [-0.39, 0.29) is 18.4 Å². The van der Waals surface area contributed by atoms with Crippen molar-refractivity contribution in [3.63, 3.8) is 0 Å². The van der Waals surface area contributed by atoms with Crippen LogP contribution in [0, 0.1) is 0 Å². The number of hydrogen-bond donors (Lipinski definition) is 1. The molecule has 0 aromatic carbocycles. The summed E-state index contributed by atoms with van der Waals surface area (Å²) in [6, 6.07) is -0.0225. The van der Waals surface area contributed by atoms with E-state index in [9.17, 15) is 9.59 Å². The number of carboxylic acid groups (broad SMARTS) is 1. The fourth-order valence-electron chi connectivity index (χ4n) is 2.51. The van der Waals surface area contributed by atoms with Gasteiger partial charge in [-0.25, -0.2) is 4.79 Å². The fourth-order valence-corrected chi connectivity index (χ4v) is 2.51. The quantitative estimate of drug-likeness (QED) is 0.566. The molecule has 1 rings (SSSR count). The molecular weight excluding hydrogens is 246 g/mol. The standard InChI is InChI=1S/C14H23NO4/c1-3-6-11(9-13(16)17)15-8-5-7-12(15)10-14(18)19-4-2/h10-11H,3-9H2,1-2H3,(H,16,17)/b12-10+. The molecule has 1 aliphatic heterocycles. The second kappa shape index (κ2) is 7.81. The Morgan fingerprint density at radius 1 is 1.47 bits per heavy atom. The van der Waals surface area contributed by atoms with Gasteiger partial charge in [0.2, 0.25) is 0 Å². The first-order chi connectivity index (χ1) is 9.08. The van der Waals surface area contributed by atoms with Crippen LogP contribution in [-0.4, -0.2) is 41.1 Å². The lowest BCUT2D eigenvalue weighted by molar-refractivity contribution is -0.138. The number of carboxylic acids is 1. The maximum atomic E-state index is 11.5. The summed E-state index contributed by atoms with van der Waals surface area (Å²) in [5.41, 5.74) is 0.915. The molecule has 108 valence electrons. The Balaban J connectivity index is 2.76. The van der Waals surface area contributed by atoms with Crippen LogP contribution in [0.1, 0.15) is 46.0 Å². The van der Waals surface area contributed by atoms with Crippen molar-refractivity contribution >= 4 is 11.9 Å². The van der Waals surface area contributed by atoms with Crippen LogP contribution >= 0.6 is 0 Å². The molecule has 0 radical (unpaired) electrons. The van der Waals surface area contributed by atoms with E-state index < -0.39 is 5.97 Å². The maximum Gasteiger partial charge on any atom is 0.332 e. The molecule has 0 spiro atoms. The lowest BCUT2D eigenvalue weighted by atomic mass is 10.1. The molecule has 1 saturated heterocycles. The summed E-state index contributed by atoms with van der Waals surface area (Å²) in [5.74, 6) is -1.13. The second-order valence-corrected chi connectivity index (χ2v) is 4.73. The number of rotatable bonds is 7. The number of hydrogen-bond acceptors (Lipinski definition) is 4. The predicted octanol–water partition coefficient (Wildman–Crippen LogP) is 2.17. The highest BCUT2D eigenvalue weighted by Crippen LogP contribution is 2.27. The number of esters is 1. The molecule has 5 nitrogen and oxygen atoms in total. The molecule has 0 amide bonds. The van der Waals surface area contributed by atoms with Gasteiger partial charge in [-0.2, -0.15) is 0 Å². The monoisotopic (exact) mass is 269 g/mol. The summed E-state index contributed by atoms with van der Waals surface area (Å²) >= 11 is 0. The molecule has 1 aliphatic rings. The third-order valence-corrected chi connectivity index (χ3v) is 3.24. The van der Waals surface area contributed by atoms with Gasteiger partial charge in [0, 0.05) is 24.4 Å². The van der Waals surface area contributed by atoms with Crippen molar-refractivity contribution in [1.29, 1.82) is 0 Å².